The minimum absolute atomic E-state index is 0.280. The molecular weight excluding hydrogens is 237 g/mol. The maximum absolute atomic E-state index is 13.6. The molecule has 0 spiro atoms. The summed E-state index contributed by atoms with van der Waals surface area (Å²) in [6, 6.07) is 4.23. The fourth-order valence-electron chi connectivity index (χ4n) is 1.48. The highest BCUT2D eigenvalue weighted by molar-refractivity contribution is 5.69. The number of carbonyl (C=O) groups is 1. The van der Waals surface area contributed by atoms with Gasteiger partial charge in [-0.05, 0) is 19.4 Å². The molecule has 1 rings (SSSR count). The zero-order valence-corrected chi connectivity index (χ0v) is 10.6. The van der Waals surface area contributed by atoms with Crippen molar-refractivity contribution in [1.82, 2.24) is 0 Å². The van der Waals surface area contributed by atoms with Gasteiger partial charge in [0.15, 0.2) is 0 Å². The van der Waals surface area contributed by atoms with E-state index in [1.165, 1.54) is 13.2 Å². The van der Waals surface area contributed by atoms with E-state index in [0.29, 0.717) is 24.3 Å². The van der Waals surface area contributed by atoms with E-state index in [1.54, 1.807) is 19.1 Å². The molecule has 1 aromatic rings. The highest BCUT2D eigenvalue weighted by atomic mass is 19.1. The van der Waals surface area contributed by atoms with E-state index in [2.05, 4.69) is 4.74 Å². The molecule has 1 aromatic carbocycles. The number of esters is 1. The van der Waals surface area contributed by atoms with Crippen molar-refractivity contribution in [2.45, 2.75) is 25.8 Å². The molecule has 0 heterocycles. The lowest BCUT2D eigenvalue weighted by atomic mass is 10.1. The Morgan fingerprint density at radius 3 is 2.78 bits per heavy atom. The SMILES string of the molecule is COC(=O)CCCOc1ccc([C@H](C)N)c(F)c1. The first kappa shape index (κ1) is 14.4. The van der Waals surface area contributed by atoms with E-state index in [9.17, 15) is 9.18 Å². The number of benzene rings is 1. The number of halogens is 1. The Balaban J connectivity index is 2.44. The van der Waals surface area contributed by atoms with Crippen LogP contribution >= 0.6 is 0 Å². The van der Waals surface area contributed by atoms with Gasteiger partial charge in [0.25, 0.3) is 0 Å². The summed E-state index contributed by atoms with van der Waals surface area (Å²) in [5, 5.41) is 0. The Morgan fingerprint density at radius 2 is 2.22 bits per heavy atom. The van der Waals surface area contributed by atoms with Gasteiger partial charge in [-0.3, -0.25) is 4.79 Å². The van der Waals surface area contributed by atoms with Crippen LogP contribution in [-0.2, 0) is 9.53 Å². The number of hydrogen-bond donors (Lipinski definition) is 1. The average Bonchev–Trinajstić information content (AvgIpc) is 2.34. The number of rotatable bonds is 6. The second-order valence-electron chi connectivity index (χ2n) is 4.00. The number of hydrogen-bond acceptors (Lipinski definition) is 4. The Kier molecular flexibility index (Phi) is 5.58. The standard InChI is InChI=1S/C13H18FNO3/c1-9(15)11-6-5-10(8-12(11)14)18-7-3-4-13(16)17-2/h5-6,8-9H,3-4,7,15H2,1-2H3/t9-/m0/s1. The first-order valence-corrected chi connectivity index (χ1v) is 5.79. The van der Waals surface area contributed by atoms with Crippen molar-refractivity contribution < 1.29 is 18.7 Å². The first-order chi connectivity index (χ1) is 8.54. The third kappa shape index (κ3) is 4.33. The van der Waals surface area contributed by atoms with Crippen molar-refractivity contribution in [1.29, 1.82) is 0 Å². The van der Waals surface area contributed by atoms with E-state index in [4.69, 9.17) is 10.5 Å². The summed E-state index contributed by atoms with van der Waals surface area (Å²) in [7, 11) is 1.34. The maximum atomic E-state index is 13.6. The van der Waals surface area contributed by atoms with E-state index in [-0.39, 0.29) is 24.2 Å². The zero-order valence-electron chi connectivity index (χ0n) is 10.6. The van der Waals surface area contributed by atoms with Gasteiger partial charge in [-0.2, -0.15) is 0 Å². The van der Waals surface area contributed by atoms with Gasteiger partial charge in [0.05, 0.1) is 13.7 Å². The number of methoxy groups -OCH3 is 1. The van der Waals surface area contributed by atoms with Gasteiger partial charge in [-0.15, -0.1) is 0 Å². The van der Waals surface area contributed by atoms with Gasteiger partial charge in [-0.1, -0.05) is 6.07 Å². The number of nitrogens with two attached hydrogens (primary N) is 1. The van der Waals surface area contributed by atoms with E-state index in [0.717, 1.165) is 0 Å². The lowest BCUT2D eigenvalue weighted by Crippen LogP contribution is -2.08. The summed E-state index contributed by atoms with van der Waals surface area (Å²) in [5.74, 6) is -0.227. The number of carbonyl (C=O) groups excluding carboxylic acids is 1. The van der Waals surface area contributed by atoms with Crippen molar-refractivity contribution in [3.63, 3.8) is 0 Å². The van der Waals surface area contributed by atoms with Crippen LogP contribution in [0.25, 0.3) is 0 Å². The van der Waals surface area contributed by atoms with Crippen LogP contribution in [0.4, 0.5) is 4.39 Å². The second kappa shape index (κ2) is 6.96. The minimum Gasteiger partial charge on any atom is -0.493 e. The fourth-order valence-corrected chi connectivity index (χ4v) is 1.48. The van der Waals surface area contributed by atoms with Crippen molar-refractivity contribution in [2.24, 2.45) is 5.73 Å². The van der Waals surface area contributed by atoms with E-state index in [1.807, 2.05) is 0 Å². The molecule has 0 aliphatic rings. The van der Waals surface area contributed by atoms with Gasteiger partial charge in [0.2, 0.25) is 0 Å². The van der Waals surface area contributed by atoms with Crippen LogP contribution in [0.15, 0.2) is 18.2 Å². The molecule has 18 heavy (non-hydrogen) atoms. The molecular formula is C13H18FNO3. The molecule has 0 bridgehead atoms. The summed E-state index contributed by atoms with van der Waals surface area (Å²) in [6.45, 7) is 2.06. The average molecular weight is 255 g/mol. The van der Waals surface area contributed by atoms with Crippen molar-refractivity contribution in [2.75, 3.05) is 13.7 Å². The monoisotopic (exact) mass is 255 g/mol. The summed E-state index contributed by atoms with van der Waals surface area (Å²) in [6.07, 6.45) is 0.820. The summed E-state index contributed by atoms with van der Waals surface area (Å²) >= 11 is 0. The summed E-state index contributed by atoms with van der Waals surface area (Å²) < 4.78 is 23.4. The molecule has 0 radical (unpaired) electrons. The van der Waals surface area contributed by atoms with Crippen LogP contribution in [0.5, 0.6) is 5.75 Å². The van der Waals surface area contributed by atoms with Gasteiger partial charge in [-0.25, -0.2) is 4.39 Å². The topological polar surface area (TPSA) is 61.5 Å². The van der Waals surface area contributed by atoms with Gasteiger partial charge in [0, 0.05) is 24.1 Å². The second-order valence-corrected chi connectivity index (χ2v) is 4.00. The molecule has 0 aliphatic heterocycles. The van der Waals surface area contributed by atoms with Crippen molar-refractivity contribution >= 4 is 5.97 Å². The quantitative estimate of drug-likeness (QED) is 0.625. The molecule has 1 atom stereocenters. The molecule has 0 aromatic heterocycles. The largest absolute Gasteiger partial charge is 0.493 e. The summed E-state index contributed by atoms with van der Waals surface area (Å²) in [5.41, 5.74) is 6.06. The van der Waals surface area contributed by atoms with Crippen LogP contribution in [0.2, 0.25) is 0 Å². The molecule has 0 fully saturated rings. The summed E-state index contributed by atoms with van der Waals surface area (Å²) in [4.78, 5) is 10.8. The predicted octanol–water partition coefficient (Wildman–Crippen LogP) is 2.18. The Labute approximate surface area is 106 Å². The number of ether oxygens (including phenoxy) is 2. The predicted molar refractivity (Wildman–Crippen MR) is 65.7 cm³/mol. The molecule has 0 unspecified atom stereocenters. The third-order valence-electron chi connectivity index (χ3n) is 2.48. The maximum Gasteiger partial charge on any atom is 0.305 e. The molecule has 2 N–H and O–H groups in total. The van der Waals surface area contributed by atoms with Crippen LogP contribution in [0, 0.1) is 5.82 Å². The smallest absolute Gasteiger partial charge is 0.305 e. The van der Waals surface area contributed by atoms with Crippen LogP contribution < -0.4 is 10.5 Å². The van der Waals surface area contributed by atoms with E-state index < -0.39 is 0 Å². The lowest BCUT2D eigenvalue weighted by molar-refractivity contribution is -0.140. The molecule has 4 nitrogen and oxygen atoms in total. The highest BCUT2D eigenvalue weighted by Crippen LogP contribution is 2.20. The third-order valence-corrected chi connectivity index (χ3v) is 2.48. The Bertz CT molecular complexity index is 407. The highest BCUT2D eigenvalue weighted by Gasteiger charge is 2.08. The Hall–Kier alpha value is -1.62. The molecule has 0 saturated carbocycles. The van der Waals surface area contributed by atoms with E-state index >= 15 is 0 Å². The van der Waals surface area contributed by atoms with Gasteiger partial charge >= 0.3 is 5.97 Å². The van der Waals surface area contributed by atoms with Crippen LogP contribution in [0.1, 0.15) is 31.4 Å². The van der Waals surface area contributed by atoms with Crippen molar-refractivity contribution in [3.05, 3.63) is 29.6 Å². The van der Waals surface area contributed by atoms with Gasteiger partial charge in [0.1, 0.15) is 11.6 Å². The fraction of sp³-hybridized carbons (Fsp3) is 0.462. The lowest BCUT2D eigenvalue weighted by Gasteiger charge is -2.10. The van der Waals surface area contributed by atoms with Crippen molar-refractivity contribution in [3.8, 4) is 5.75 Å². The van der Waals surface area contributed by atoms with Crippen LogP contribution in [0.3, 0.4) is 0 Å². The van der Waals surface area contributed by atoms with Gasteiger partial charge < -0.3 is 15.2 Å². The minimum atomic E-state index is -0.379. The molecule has 0 amide bonds. The zero-order chi connectivity index (χ0) is 13.5. The Morgan fingerprint density at radius 1 is 1.50 bits per heavy atom. The molecule has 100 valence electrons. The normalized spacial score (nSPS) is 12.0. The molecule has 0 saturated heterocycles. The first-order valence-electron chi connectivity index (χ1n) is 5.79. The molecule has 0 aliphatic carbocycles. The molecule has 5 heteroatoms. The van der Waals surface area contributed by atoms with Crippen LogP contribution in [-0.4, -0.2) is 19.7 Å².